The second kappa shape index (κ2) is 5.33. The largest absolute Gasteiger partial charge is 0.398 e. The Labute approximate surface area is 118 Å². The zero-order valence-electron chi connectivity index (χ0n) is 11.2. The molecule has 20 heavy (non-hydrogen) atoms. The van der Waals surface area contributed by atoms with Crippen LogP contribution in [0.15, 0.2) is 42.7 Å². The molecule has 102 valence electrons. The Kier molecular flexibility index (Phi) is 3.37. The van der Waals surface area contributed by atoms with Crippen LogP contribution >= 0.6 is 0 Å². The van der Waals surface area contributed by atoms with E-state index in [1.54, 1.807) is 12.4 Å². The number of pyridine rings is 1. The van der Waals surface area contributed by atoms with Crippen LogP contribution in [0, 0.1) is 0 Å². The van der Waals surface area contributed by atoms with Crippen molar-refractivity contribution < 1.29 is 4.79 Å². The molecule has 0 atom stereocenters. The predicted octanol–water partition coefficient (Wildman–Crippen LogP) is 1.79. The lowest BCUT2D eigenvalue weighted by Gasteiger charge is -2.29. The van der Waals surface area contributed by atoms with Gasteiger partial charge in [-0.05, 0) is 35.2 Å². The number of fused-ring (bicyclic) bond motifs is 1. The molecule has 4 heteroatoms. The smallest absolute Gasteiger partial charge is 0.227 e. The van der Waals surface area contributed by atoms with Crippen LogP contribution in [0.2, 0.25) is 0 Å². The summed E-state index contributed by atoms with van der Waals surface area (Å²) < 4.78 is 0. The molecule has 1 aliphatic rings. The Morgan fingerprint density at radius 2 is 2.20 bits per heavy atom. The molecule has 2 heterocycles. The Bertz CT molecular complexity index is 625. The summed E-state index contributed by atoms with van der Waals surface area (Å²) in [6.45, 7) is 1.37. The minimum Gasteiger partial charge on any atom is -0.398 e. The molecule has 0 radical (unpaired) electrons. The number of amides is 1. The second-order valence-electron chi connectivity index (χ2n) is 5.09. The molecule has 1 aromatic heterocycles. The number of anilines is 1. The van der Waals surface area contributed by atoms with E-state index < -0.39 is 0 Å². The van der Waals surface area contributed by atoms with Gasteiger partial charge in [-0.2, -0.15) is 0 Å². The molecule has 0 spiro atoms. The number of carbonyl (C=O) groups excluding carboxylic acids is 1. The highest BCUT2D eigenvalue weighted by atomic mass is 16.2. The van der Waals surface area contributed by atoms with Crippen LogP contribution in [0.5, 0.6) is 0 Å². The SMILES string of the molecule is Nc1cccc2c1CN(C(=O)Cc1cccnc1)CC2. The summed E-state index contributed by atoms with van der Waals surface area (Å²) in [6, 6.07) is 9.74. The fourth-order valence-electron chi connectivity index (χ4n) is 2.61. The minimum atomic E-state index is 0.131. The van der Waals surface area contributed by atoms with Gasteiger partial charge in [0, 0.05) is 31.2 Å². The highest BCUT2D eigenvalue weighted by Crippen LogP contribution is 2.24. The number of carbonyl (C=O) groups is 1. The summed E-state index contributed by atoms with van der Waals surface area (Å²) in [4.78, 5) is 18.3. The van der Waals surface area contributed by atoms with Crippen molar-refractivity contribution in [3.05, 3.63) is 59.4 Å². The first kappa shape index (κ1) is 12.7. The van der Waals surface area contributed by atoms with Crippen molar-refractivity contribution >= 4 is 11.6 Å². The molecule has 2 N–H and O–H groups in total. The number of nitrogens with two attached hydrogens (primary N) is 1. The molecule has 4 nitrogen and oxygen atoms in total. The molecular formula is C16H17N3O. The lowest BCUT2D eigenvalue weighted by atomic mass is 9.97. The third kappa shape index (κ3) is 2.50. The highest BCUT2D eigenvalue weighted by Gasteiger charge is 2.21. The van der Waals surface area contributed by atoms with Gasteiger partial charge in [-0.3, -0.25) is 9.78 Å². The van der Waals surface area contributed by atoms with Gasteiger partial charge in [-0.25, -0.2) is 0 Å². The first-order valence-corrected chi connectivity index (χ1v) is 6.77. The van der Waals surface area contributed by atoms with Crippen molar-refractivity contribution in [3.8, 4) is 0 Å². The van der Waals surface area contributed by atoms with Crippen LogP contribution in [0.25, 0.3) is 0 Å². The third-order valence-electron chi connectivity index (χ3n) is 3.74. The normalized spacial score (nSPS) is 13.9. The predicted molar refractivity (Wildman–Crippen MR) is 77.9 cm³/mol. The van der Waals surface area contributed by atoms with Crippen LogP contribution in [-0.4, -0.2) is 22.3 Å². The van der Waals surface area contributed by atoms with Gasteiger partial charge in [-0.1, -0.05) is 18.2 Å². The lowest BCUT2D eigenvalue weighted by molar-refractivity contribution is -0.131. The van der Waals surface area contributed by atoms with Gasteiger partial charge in [0.25, 0.3) is 0 Å². The van der Waals surface area contributed by atoms with Gasteiger partial charge in [-0.15, -0.1) is 0 Å². The number of benzene rings is 1. The van der Waals surface area contributed by atoms with E-state index in [0.717, 1.165) is 29.8 Å². The summed E-state index contributed by atoms with van der Waals surface area (Å²) in [5.41, 5.74) is 10.1. The molecule has 0 saturated heterocycles. The maximum absolute atomic E-state index is 12.3. The summed E-state index contributed by atoms with van der Waals surface area (Å²) in [5.74, 6) is 0.131. The van der Waals surface area contributed by atoms with Crippen LogP contribution < -0.4 is 5.73 Å². The molecule has 1 amide bonds. The first-order chi connectivity index (χ1) is 9.74. The quantitative estimate of drug-likeness (QED) is 0.844. The third-order valence-corrected chi connectivity index (χ3v) is 3.74. The van der Waals surface area contributed by atoms with Gasteiger partial charge in [0.2, 0.25) is 5.91 Å². The summed E-state index contributed by atoms with van der Waals surface area (Å²) in [6.07, 6.45) is 4.73. The molecule has 0 saturated carbocycles. The Balaban J connectivity index is 1.74. The number of hydrogen-bond acceptors (Lipinski definition) is 3. The van der Waals surface area contributed by atoms with Gasteiger partial charge in [0.15, 0.2) is 0 Å². The molecule has 0 aliphatic carbocycles. The Morgan fingerprint density at radius 1 is 1.30 bits per heavy atom. The van der Waals surface area contributed by atoms with Gasteiger partial charge in [0.1, 0.15) is 0 Å². The van der Waals surface area contributed by atoms with Crippen LogP contribution in [0.3, 0.4) is 0 Å². The zero-order valence-corrected chi connectivity index (χ0v) is 11.2. The number of aromatic nitrogens is 1. The van der Waals surface area contributed by atoms with Crippen LogP contribution in [-0.2, 0) is 24.2 Å². The van der Waals surface area contributed by atoms with E-state index in [2.05, 4.69) is 11.1 Å². The van der Waals surface area contributed by atoms with Crippen molar-refractivity contribution in [1.82, 2.24) is 9.88 Å². The molecule has 1 aliphatic heterocycles. The Morgan fingerprint density at radius 3 is 3.00 bits per heavy atom. The van der Waals surface area contributed by atoms with Crippen molar-refractivity contribution in [1.29, 1.82) is 0 Å². The van der Waals surface area contributed by atoms with Crippen molar-refractivity contribution in [2.24, 2.45) is 0 Å². The standard InChI is InChI=1S/C16H17N3O/c17-15-5-1-4-13-6-8-19(11-14(13)15)16(20)9-12-3-2-7-18-10-12/h1-5,7,10H,6,8-9,11,17H2. The Hall–Kier alpha value is -2.36. The minimum absolute atomic E-state index is 0.131. The maximum atomic E-state index is 12.3. The second-order valence-corrected chi connectivity index (χ2v) is 5.09. The molecule has 2 aromatic rings. The molecular weight excluding hydrogens is 250 g/mol. The van der Waals surface area contributed by atoms with Crippen LogP contribution in [0.1, 0.15) is 16.7 Å². The fraction of sp³-hybridized carbons (Fsp3) is 0.250. The van der Waals surface area contributed by atoms with E-state index >= 15 is 0 Å². The number of nitrogens with zero attached hydrogens (tertiary/aromatic N) is 2. The summed E-state index contributed by atoms with van der Waals surface area (Å²) >= 11 is 0. The molecule has 3 rings (SSSR count). The van der Waals surface area contributed by atoms with Crippen molar-refractivity contribution in [3.63, 3.8) is 0 Å². The van der Waals surface area contributed by atoms with Crippen molar-refractivity contribution in [2.75, 3.05) is 12.3 Å². The average Bonchev–Trinajstić information content (AvgIpc) is 2.48. The first-order valence-electron chi connectivity index (χ1n) is 6.77. The summed E-state index contributed by atoms with van der Waals surface area (Å²) in [7, 11) is 0. The lowest BCUT2D eigenvalue weighted by Crippen LogP contribution is -2.37. The maximum Gasteiger partial charge on any atom is 0.227 e. The molecule has 0 bridgehead atoms. The van der Waals surface area contributed by atoms with Crippen LogP contribution in [0.4, 0.5) is 5.69 Å². The topological polar surface area (TPSA) is 59.2 Å². The number of nitrogen functional groups attached to an aromatic ring is 1. The van der Waals surface area contributed by atoms with Gasteiger partial charge >= 0.3 is 0 Å². The van der Waals surface area contributed by atoms with Gasteiger partial charge < -0.3 is 10.6 Å². The zero-order chi connectivity index (χ0) is 13.9. The fourth-order valence-corrected chi connectivity index (χ4v) is 2.61. The van der Waals surface area contributed by atoms with E-state index in [4.69, 9.17) is 5.73 Å². The molecule has 0 unspecified atom stereocenters. The van der Waals surface area contributed by atoms with E-state index in [0.29, 0.717) is 13.0 Å². The molecule has 1 aromatic carbocycles. The van der Waals surface area contributed by atoms with Crippen molar-refractivity contribution in [2.45, 2.75) is 19.4 Å². The highest BCUT2D eigenvalue weighted by molar-refractivity contribution is 5.79. The monoisotopic (exact) mass is 267 g/mol. The van der Waals surface area contributed by atoms with E-state index in [1.165, 1.54) is 5.56 Å². The van der Waals surface area contributed by atoms with Gasteiger partial charge in [0.05, 0.1) is 6.42 Å². The van der Waals surface area contributed by atoms with E-state index in [9.17, 15) is 4.79 Å². The molecule has 0 fully saturated rings. The average molecular weight is 267 g/mol. The van der Waals surface area contributed by atoms with E-state index in [1.807, 2.05) is 29.2 Å². The summed E-state index contributed by atoms with van der Waals surface area (Å²) in [5, 5.41) is 0. The number of hydrogen-bond donors (Lipinski definition) is 1. The number of rotatable bonds is 2. The van der Waals surface area contributed by atoms with E-state index in [-0.39, 0.29) is 5.91 Å².